The minimum Gasteiger partial charge on any atom is -0.356 e. The van der Waals surface area contributed by atoms with Crippen LogP contribution in [0.25, 0.3) is 0 Å². The molecular formula is C15H23N3O2S2. The third-order valence-corrected chi connectivity index (χ3v) is 6.68. The topological polar surface area (TPSA) is 53.0 Å². The molecule has 1 aliphatic rings. The zero-order valence-electron chi connectivity index (χ0n) is 13.9. The third kappa shape index (κ3) is 3.31. The summed E-state index contributed by atoms with van der Waals surface area (Å²) in [6.07, 6.45) is -0.429. The standard InChI is InChI=1S/C15H23N3O2S2/c1-11-7-9-12(10-8-11)22(19,20)18-13(15(2,3)4)16-14(21-18)17(5)6/h7-10,13H,1-6H3. The van der Waals surface area contributed by atoms with Crippen LogP contribution in [0.5, 0.6) is 0 Å². The molecule has 0 saturated heterocycles. The number of hydrogen-bond acceptors (Lipinski definition) is 5. The van der Waals surface area contributed by atoms with Crippen LogP contribution in [0, 0.1) is 12.3 Å². The van der Waals surface area contributed by atoms with Crippen molar-refractivity contribution in [2.75, 3.05) is 14.1 Å². The molecule has 1 atom stereocenters. The van der Waals surface area contributed by atoms with E-state index < -0.39 is 16.2 Å². The van der Waals surface area contributed by atoms with Crippen molar-refractivity contribution in [1.82, 2.24) is 8.61 Å². The molecule has 0 aromatic heterocycles. The zero-order valence-corrected chi connectivity index (χ0v) is 15.5. The van der Waals surface area contributed by atoms with E-state index in [1.807, 2.05) is 58.8 Å². The van der Waals surface area contributed by atoms with E-state index in [1.54, 1.807) is 12.1 Å². The van der Waals surface area contributed by atoms with Gasteiger partial charge in [-0.1, -0.05) is 38.5 Å². The summed E-state index contributed by atoms with van der Waals surface area (Å²) in [5, 5.41) is 0.704. The van der Waals surface area contributed by atoms with Crippen molar-refractivity contribution in [3.63, 3.8) is 0 Å². The summed E-state index contributed by atoms with van der Waals surface area (Å²) in [6, 6.07) is 6.93. The zero-order chi connectivity index (χ0) is 16.7. The molecule has 7 heteroatoms. The lowest BCUT2D eigenvalue weighted by molar-refractivity contribution is 0.257. The number of hydrogen-bond donors (Lipinski definition) is 0. The van der Waals surface area contributed by atoms with E-state index >= 15 is 0 Å². The Kier molecular flexibility index (Phi) is 4.61. The lowest BCUT2D eigenvalue weighted by atomic mass is 9.93. The Morgan fingerprint density at radius 3 is 2.18 bits per heavy atom. The highest BCUT2D eigenvalue weighted by molar-refractivity contribution is 8.18. The molecule has 1 unspecified atom stereocenters. The molecule has 0 radical (unpaired) electrons. The molecule has 0 N–H and O–H groups in total. The van der Waals surface area contributed by atoms with Crippen LogP contribution in [0.15, 0.2) is 34.2 Å². The van der Waals surface area contributed by atoms with E-state index in [1.165, 1.54) is 15.7 Å². The second-order valence-electron chi connectivity index (χ2n) is 6.71. The van der Waals surface area contributed by atoms with Gasteiger partial charge in [-0.2, -0.15) is 0 Å². The van der Waals surface area contributed by atoms with E-state index in [0.717, 1.165) is 5.56 Å². The van der Waals surface area contributed by atoms with Crippen LogP contribution < -0.4 is 0 Å². The first-order valence-corrected chi connectivity index (χ1v) is 9.29. The summed E-state index contributed by atoms with van der Waals surface area (Å²) in [5.41, 5.74) is 0.744. The van der Waals surface area contributed by atoms with Crippen molar-refractivity contribution in [3.05, 3.63) is 29.8 Å². The molecular weight excluding hydrogens is 318 g/mol. The SMILES string of the molecule is Cc1ccc(S(=O)(=O)N2SC(N(C)C)=NC2C(C)(C)C)cc1. The monoisotopic (exact) mass is 341 g/mol. The van der Waals surface area contributed by atoms with Crippen LogP contribution in [0.1, 0.15) is 26.3 Å². The van der Waals surface area contributed by atoms with Gasteiger partial charge in [-0.05, 0) is 24.5 Å². The molecule has 0 aliphatic carbocycles. The molecule has 2 rings (SSSR count). The lowest BCUT2D eigenvalue weighted by Gasteiger charge is -2.30. The van der Waals surface area contributed by atoms with Gasteiger partial charge in [-0.15, -0.1) is 3.71 Å². The minimum atomic E-state index is -3.60. The van der Waals surface area contributed by atoms with Crippen molar-refractivity contribution >= 4 is 27.1 Å². The summed E-state index contributed by atoms with van der Waals surface area (Å²) in [4.78, 5) is 6.74. The van der Waals surface area contributed by atoms with Crippen molar-refractivity contribution < 1.29 is 8.42 Å². The summed E-state index contributed by atoms with van der Waals surface area (Å²) in [6.45, 7) is 7.93. The van der Waals surface area contributed by atoms with Crippen LogP contribution in [0.2, 0.25) is 0 Å². The van der Waals surface area contributed by atoms with E-state index in [4.69, 9.17) is 0 Å². The van der Waals surface area contributed by atoms with Gasteiger partial charge in [0.25, 0.3) is 10.0 Å². The predicted molar refractivity (Wildman–Crippen MR) is 92.2 cm³/mol. The smallest absolute Gasteiger partial charge is 0.254 e. The van der Waals surface area contributed by atoms with Gasteiger partial charge in [0.15, 0.2) is 5.17 Å². The summed E-state index contributed by atoms with van der Waals surface area (Å²) >= 11 is 1.18. The van der Waals surface area contributed by atoms with Crippen molar-refractivity contribution in [3.8, 4) is 0 Å². The van der Waals surface area contributed by atoms with Crippen LogP contribution in [0.3, 0.4) is 0 Å². The number of amidine groups is 1. The number of aliphatic imine (C=N–C) groups is 1. The van der Waals surface area contributed by atoms with Gasteiger partial charge in [0.05, 0.1) is 4.90 Å². The number of nitrogens with zero attached hydrogens (tertiary/aromatic N) is 3. The molecule has 1 aliphatic heterocycles. The molecule has 0 spiro atoms. The normalized spacial score (nSPS) is 20.1. The van der Waals surface area contributed by atoms with Crippen molar-refractivity contribution in [2.45, 2.75) is 38.8 Å². The quantitative estimate of drug-likeness (QED) is 0.776. The van der Waals surface area contributed by atoms with Gasteiger partial charge in [-0.25, -0.2) is 13.4 Å². The first-order valence-electron chi connectivity index (χ1n) is 7.07. The number of rotatable bonds is 2. The fraction of sp³-hybridized carbons (Fsp3) is 0.533. The minimum absolute atomic E-state index is 0.289. The van der Waals surface area contributed by atoms with Gasteiger partial charge in [0, 0.05) is 26.0 Å². The van der Waals surface area contributed by atoms with E-state index in [0.29, 0.717) is 10.1 Å². The van der Waals surface area contributed by atoms with Crippen molar-refractivity contribution in [1.29, 1.82) is 0 Å². The first-order chi connectivity index (χ1) is 10.0. The lowest BCUT2D eigenvalue weighted by Crippen LogP contribution is -2.39. The number of sulfonamides is 1. The average Bonchev–Trinajstić information content (AvgIpc) is 2.85. The molecule has 22 heavy (non-hydrogen) atoms. The largest absolute Gasteiger partial charge is 0.356 e. The second kappa shape index (κ2) is 5.86. The molecule has 1 heterocycles. The number of aryl methyl sites for hydroxylation is 1. The molecule has 5 nitrogen and oxygen atoms in total. The highest BCUT2D eigenvalue weighted by atomic mass is 32.3. The molecule has 1 aromatic rings. The Balaban J connectivity index is 2.44. The Labute approximate surface area is 137 Å². The van der Waals surface area contributed by atoms with Gasteiger partial charge in [-0.3, -0.25) is 0 Å². The van der Waals surface area contributed by atoms with E-state index in [9.17, 15) is 8.42 Å². The van der Waals surface area contributed by atoms with Gasteiger partial charge < -0.3 is 4.90 Å². The highest BCUT2D eigenvalue weighted by Gasteiger charge is 2.44. The Hall–Kier alpha value is -1.05. The summed E-state index contributed by atoms with van der Waals surface area (Å²) in [7, 11) is 0.138. The molecule has 0 bridgehead atoms. The van der Waals surface area contributed by atoms with Crippen molar-refractivity contribution in [2.24, 2.45) is 10.4 Å². The molecule has 1 aromatic carbocycles. The average molecular weight is 342 g/mol. The maximum absolute atomic E-state index is 13.0. The van der Waals surface area contributed by atoms with Gasteiger partial charge >= 0.3 is 0 Å². The summed E-state index contributed by atoms with van der Waals surface area (Å²) < 4.78 is 27.4. The molecule has 0 saturated carbocycles. The van der Waals surface area contributed by atoms with Crippen LogP contribution in [0.4, 0.5) is 0 Å². The Bertz CT molecular complexity index is 674. The number of benzene rings is 1. The molecule has 122 valence electrons. The van der Waals surface area contributed by atoms with Gasteiger partial charge in [0.2, 0.25) is 0 Å². The van der Waals surface area contributed by atoms with Gasteiger partial charge in [0.1, 0.15) is 6.17 Å². The van der Waals surface area contributed by atoms with Crippen LogP contribution in [-0.4, -0.2) is 42.5 Å². The highest BCUT2D eigenvalue weighted by Crippen LogP contribution is 2.40. The third-order valence-electron chi connectivity index (χ3n) is 3.32. The fourth-order valence-electron chi connectivity index (χ4n) is 2.01. The molecule has 0 fully saturated rings. The van der Waals surface area contributed by atoms with E-state index in [-0.39, 0.29) is 5.41 Å². The van der Waals surface area contributed by atoms with Crippen LogP contribution in [-0.2, 0) is 10.0 Å². The van der Waals surface area contributed by atoms with Crippen LogP contribution >= 0.6 is 11.9 Å². The maximum Gasteiger partial charge on any atom is 0.254 e. The Morgan fingerprint density at radius 1 is 1.18 bits per heavy atom. The maximum atomic E-state index is 13.0. The summed E-state index contributed by atoms with van der Waals surface area (Å²) in [5.74, 6) is 0. The molecule has 0 amide bonds. The second-order valence-corrected chi connectivity index (χ2v) is 9.70. The van der Waals surface area contributed by atoms with E-state index in [2.05, 4.69) is 4.99 Å². The predicted octanol–water partition coefficient (Wildman–Crippen LogP) is 2.94. The first kappa shape index (κ1) is 17.3. The Morgan fingerprint density at radius 2 is 1.73 bits per heavy atom. The fourth-order valence-corrected chi connectivity index (χ4v) is 5.11.